The monoisotopic (exact) mass is 484 g/mol. The zero-order valence-corrected chi connectivity index (χ0v) is 20.1. The highest BCUT2D eigenvalue weighted by molar-refractivity contribution is 7.99. The molecule has 4 rings (SSSR count). The van der Waals surface area contributed by atoms with E-state index in [4.69, 9.17) is 9.15 Å². The highest BCUT2D eigenvalue weighted by Crippen LogP contribution is 2.25. The molecule has 1 N–H and O–H groups in total. The number of thioether (sulfide) groups is 1. The van der Waals surface area contributed by atoms with Crippen molar-refractivity contribution < 1.29 is 18.7 Å². The number of aromatic nitrogens is 3. The summed E-state index contributed by atoms with van der Waals surface area (Å²) < 4.78 is 12.7. The molecular formula is C23H28N6O4S. The normalized spacial score (nSPS) is 13.6. The summed E-state index contributed by atoms with van der Waals surface area (Å²) in [5.41, 5.74) is 0.956. The zero-order chi connectivity index (χ0) is 23.9. The molecule has 1 aromatic carbocycles. The number of nitrogens with one attached hydrogen (secondary N) is 1. The van der Waals surface area contributed by atoms with E-state index >= 15 is 0 Å². The number of rotatable bonds is 9. The van der Waals surface area contributed by atoms with Crippen LogP contribution in [-0.4, -0.2) is 65.7 Å². The fourth-order valence-corrected chi connectivity index (χ4v) is 4.56. The van der Waals surface area contributed by atoms with Gasteiger partial charge in [-0.2, -0.15) is 0 Å². The van der Waals surface area contributed by atoms with E-state index in [2.05, 4.69) is 20.4 Å². The molecule has 2 amide bonds. The Labute approximate surface area is 202 Å². The third-order valence-electron chi connectivity index (χ3n) is 5.52. The predicted octanol–water partition coefficient (Wildman–Crippen LogP) is 2.41. The van der Waals surface area contributed by atoms with Crippen LogP contribution in [0.2, 0.25) is 0 Å². The van der Waals surface area contributed by atoms with Crippen molar-refractivity contribution in [2.75, 3.05) is 48.9 Å². The second-order valence-electron chi connectivity index (χ2n) is 7.65. The number of para-hydroxylation sites is 1. The molecule has 0 radical (unpaired) electrons. The van der Waals surface area contributed by atoms with Crippen molar-refractivity contribution in [2.24, 2.45) is 0 Å². The third-order valence-corrected chi connectivity index (χ3v) is 6.47. The summed E-state index contributed by atoms with van der Waals surface area (Å²) in [6.45, 7) is 5.86. The van der Waals surface area contributed by atoms with Crippen LogP contribution in [0.3, 0.4) is 0 Å². The van der Waals surface area contributed by atoms with Crippen molar-refractivity contribution in [3.63, 3.8) is 0 Å². The molecule has 1 aliphatic rings. The van der Waals surface area contributed by atoms with Crippen LogP contribution in [0, 0.1) is 0 Å². The van der Waals surface area contributed by atoms with Gasteiger partial charge in [-0.1, -0.05) is 23.9 Å². The van der Waals surface area contributed by atoms with Crippen LogP contribution in [-0.2, 0) is 22.6 Å². The van der Waals surface area contributed by atoms with E-state index < -0.39 is 0 Å². The summed E-state index contributed by atoms with van der Waals surface area (Å²) in [6, 6.07) is 10.6. The summed E-state index contributed by atoms with van der Waals surface area (Å²) in [7, 11) is 1.67. The van der Waals surface area contributed by atoms with Gasteiger partial charge in [-0.05, 0) is 31.2 Å². The first-order chi connectivity index (χ1) is 16.6. The van der Waals surface area contributed by atoms with Crippen LogP contribution in [0.1, 0.15) is 23.0 Å². The molecule has 0 atom stereocenters. The molecule has 0 saturated carbocycles. The number of carbonyl (C=O) groups excluding carboxylic acids is 2. The molecular weight excluding hydrogens is 456 g/mol. The van der Waals surface area contributed by atoms with Gasteiger partial charge in [0, 0.05) is 26.7 Å². The third kappa shape index (κ3) is 5.42. The maximum atomic E-state index is 13.0. The number of anilines is 2. The van der Waals surface area contributed by atoms with Crippen LogP contribution >= 0.6 is 11.8 Å². The fourth-order valence-electron chi connectivity index (χ4n) is 3.65. The standard InChI is InChI=1S/C23H28N6O4S/c1-3-29-22(28-10-13-32-14-11-28)25-26-23(29)34-16-20(30)27(2)19-9-5-4-8-18(19)21(31)24-15-17-7-6-12-33-17/h4-9,12H,3,10-11,13-16H2,1-2H3,(H,24,31). The summed E-state index contributed by atoms with van der Waals surface area (Å²) in [5.74, 6) is 1.20. The second kappa shape index (κ2) is 11.2. The quantitative estimate of drug-likeness (QED) is 0.462. The van der Waals surface area contributed by atoms with Gasteiger partial charge < -0.3 is 24.3 Å². The van der Waals surface area contributed by atoms with Crippen molar-refractivity contribution in [3.05, 3.63) is 54.0 Å². The van der Waals surface area contributed by atoms with Gasteiger partial charge in [0.2, 0.25) is 11.9 Å². The Morgan fingerprint density at radius 2 is 1.94 bits per heavy atom. The van der Waals surface area contributed by atoms with E-state index in [9.17, 15) is 9.59 Å². The largest absolute Gasteiger partial charge is 0.467 e. The number of ether oxygens (including phenoxy) is 1. The molecule has 11 heteroatoms. The minimum absolute atomic E-state index is 0.144. The summed E-state index contributed by atoms with van der Waals surface area (Å²) >= 11 is 1.34. The van der Waals surface area contributed by atoms with E-state index in [1.807, 2.05) is 11.5 Å². The summed E-state index contributed by atoms with van der Waals surface area (Å²) in [6.07, 6.45) is 1.56. The molecule has 34 heavy (non-hydrogen) atoms. The lowest BCUT2D eigenvalue weighted by molar-refractivity contribution is -0.115. The molecule has 0 unspecified atom stereocenters. The first-order valence-corrected chi connectivity index (χ1v) is 12.1. The van der Waals surface area contributed by atoms with E-state index in [0.717, 1.165) is 19.0 Å². The number of carbonyl (C=O) groups is 2. The van der Waals surface area contributed by atoms with Gasteiger partial charge in [0.1, 0.15) is 5.76 Å². The number of amides is 2. The minimum Gasteiger partial charge on any atom is -0.467 e. The van der Waals surface area contributed by atoms with Crippen LogP contribution in [0.25, 0.3) is 0 Å². The first-order valence-electron chi connectivity index (χ1n) is 11.1. The van der Waals surface area contributed by atoms with E-state index in [0.29, 0.717) is 41.9 Å². The Hall–Kier alpha value is -3.31. The predicted molar refractivity (Wildman–Crippen MR) is 129 cm³/mol. The number of morpholine rings is 1. The average molecular weight is 485 g/mol. The van der Waals surface area contributed by atoms with E-state index in [-0.39, 0.29) is 24.1 Å². The molecule has 0 spiro atoms. The number of hydrogen-bond acceptors (Lipinski definition) is 8. The smallest absolute Gasteiger partial charge is 0.253 e. The number of benzene rings is 1. The van der Waals surface area contributed by atoms with Gasteiger partial charge in [-0.3, -0.25) is 14.2 Å². The SMILES string of the molecule is CCn1c(SCC(=O)N(C)c2ccccc2C(=O)NCc2ccco2)nnc1N1CCOCC1. The Morgan fingerprint density at radius 3 is 2.68 bits per heavy atom. The van der Waals surface area contributed by atoms with E-state index in [1.54, 1.807) is 49.7 Å². The summed E-state index contributed by atoms with van der Waals surface area (Å²) in [4.78, 5) is 29.4. The number of furan rings is 1. The number of hydrogen-bond donors (Lipinski definition) is 1. The van der Waals surface area contributed by atoms with E-state index in [1.165, 1.54) is 16.7 Å². The lowest BCUT2D eigenvalue weighted by atomic mass is 10.1. The molecule has 0 aliphatic carbocycles. The number of nitrogens with zero attached hydrogens (tertiary/aromatic N) is 5. The summed E-state index contributed by atoms with van der Waals surface area (Å²) in [5, 5.41) is 12.2. The van der Waals surface area contributed by atoms with Gasteiger partial charge in [0.05, 0.1) is 43.0 Å². The van der Waals surface area contributed by atoms with Crippen molar-refractivity contribution in [3.8, 4) is 0 Å². The molecule has 10 nitrogen and oxygen atoms in total. The molecule has 0 bridgehead atoms. The molecule has 180 valence electrons. The van der Waals surface area contributed by atoms with Gasteiger partial charge in [0.15, 0.2) is 5.16 Å². The molecule has 3 aromatic rings. The van der Waals surface area contributed by atoms with Gasteiger partial charge >= 0.3 is 0 Å². The van der Waals surface area contributed by atoms with Gasteiger partial charge in [0.25, 0.3) is 5.91 Å². The first kappa shape index (κ1) is 23.8. The topological polar surface area (TPSA) is 106 Å². The van der Waals surface area contributed by atoms with Crippen molar-refractivity contribution in [2.45, 2.75) is 25.2 Å². The molecule has 3 heterocycles. The Morgan fingerprint density at radius 1 is 1.15 bits per heavy atom. The van der Waals surface area contributed by atoms with Crippen LogP contribution in [0.15, 0.2) is 52.2 Å². The lowest BCUT2D eigenvalue weighted by Crippen LogP contribution is -2.38. The fraction of sp³-hybridized carbons (Fsp3) is 0.391. The molecule has 1 aliphatic heterocycles. The van der Waals surface area contributed by atoms with Gasteiger partial charge in [-0.25, -0.2) is 0 Å². The van der Waals surface area contributed by atoms with Crippen LogP contribution in [0.5, 0.6) is 0 Å². The molecule has 1 fully saturated rings. The lowest BCUT2D eigenvalue weighted by Gasteiger charge is -2.27. The highest BCUT2D eigenvalue weighted by Gasteiger charge is 2.22. The van der Waals surface area contributed by atoms with Crippen LogP contribution < -0.4 is 15.1 Å². The highest BCUT2D eigenvalue weighted by atomic mass is 32.2. The van der Waals surface area contributed by atoms with Gasteiger partial charge in [-0.15, -0.1) is 10.2 Å². The Kier molecular flexibility index (Phi) is 7.86. The van der Waals surface area contributed by atoms with Crippen molar-refractivity contribution in [1.29, 1.82) is 0 Å². The minimum atomic E-state index is -0.278. The molecule has 1 saturated heterocycles. The van der Waals surface area contributed by atoms with Crippen molar-refractivity contribution in [1.82, 2.24) is 20.1 Å². The van der Waals surface area contributed by atoms with Crippen molar-refractivity contribution >= 4 is 35.2 Å². The Balaban J connectivity index is 1.40. The molecule has 2 aromatic heterocycles. The maximum Gasteiger partial charge on any atom is 0.253 e. The maximum absolute atomic E-state index is 13.0. The average Bonchev–Trinajstić information content (AvgIpc) is 3.55. The van der Waals surface area contributed by atoms with Crippen LogP contribution in [0.4, 0.5) is 11.6 Å². The zero-order valence-electron chi connectivity index (χ0n) is 19.3. The second-order valence-corrected chi connectivity index (χ2v) is 8.59. The Bertz CT molecular complexity index is 1110.